The number of aliphatic hydroxyl groups is 1. The molecule has 8 nitrogen and oxygen atoms in total. The average Bonchev–Trinajstić information content (AvgIpc) is 3.33. The van der Waals surface area contributed by atoms with Crippen LogP contribution in [0, 0.1) is 12.7 Å². The lowest BCUT2D eigenvalue weighted by Crippen LogP contribution is -2.30. The Labute approximate surface area is 182 Å². The van der Waals surface area contributed by atoms with Crippen LogP contribution in [-0.4, -0.2) is 36.2 Å². The smallest absolute Gasteiger partial charge is 0.301 e. The molecule has 1 atom stereocenters. The molecule has 1 N–H and O–H groups in total. The van der Waals surface area contributed by atoms with E-state index in [-0.39, 0.29) is 17.0 Å². The van der Waals surface area contributed by atoms with Crippen LogP contribution in [-0.2, 0) is 9.59 Å². The Morgan fingerprint density at radius 2 is 1.81 bits per heavy atom. The summed E-state index contributed by atoms with van der Waals surface area (Å²) in [7, 11) is 2.92. The number of nitrogens with zero attached hydrogens (tertiary/aromatic N) is 2. The number of Topliss-reactive ketones (excluding diaryl/α,β-unsaturated/α-hetero) is 1. The lowest BCUT2D eigenvalue weighted by molar-refractivity contribution is -0.132. The van der Waals surface area contributed by atoms with Gasteiger partial charge in [0.1, 0.15) is 34.9 Å². The summed E-state index contributed by atoms with van der Waals surface area (Å²) in [5.74, 6) is -1.47. The number of aromatic nitrogens is 1. The summed E-state index contributed by atoms with van der Waals surface area (Å²) >= 11 is 0. The van der Waals surface area contributed by atoms with Gasteiger partial charge in [0, 0.05) is 17.2 Å². The third-order valence-electron chi connectivity index (χ3n) is 5.16. The molecule has 0 radical (unpaired) electrons. The molecule has 0 saturated carbocycles. The Hall–Kier alpha value is -4.14. The molecule has 164 valence electrons. The summed E-state index contributed by atoms with van der Waals surface area (Å²) in [4.78, 5) is 27.3. The number of carbonyl (C=O) groups excluding carboxylic acids is 2. The first kappa shape index (κ1) is 21.1. The zero-order chi connectivity index (χ0) is 23.0. The quantitative estimate of drug-likeness (QED) is 0.368. The normalized spacial score (nSPS) is 17.6. The number of halogens is 1. The van der Waals surface area contributed by atoms with E-state index >= 15 is 0 Å². The molecule has 0 spiro atoms. The number of carbonyl (C=O) groups is 2. The molecule has 1 aliphatic rings. The number of methoxy groups -OCH3 is 2. The molecule has 1 saturated heterocycles. The maximum absolute atomic E-state index is 13.4. The van der Waals surface area contributed by atoms with Gasteiger partial charge in [-0.15, -0.1) is 0 Å². The van der Waals surface area contributed by atoms with E-state index in [0.717, 1.165) is 17.0 Å². The fourth-order valence-electron chi connectivity index (χ4n) is 3.65. The monoisotopic (exact) mass is 438 g/mol. The second kappa shape index (κ2) is 8.18. The minimum Gasteiger partial charge on any atom is -0.507 e. The molecule has 1 amide bonds. The lowest BCUT2D eigenvalue weighted by atomic mass is 9.94. The molecule has 2 heterocycles. The van der Waals surface area contributed by atoms with Gasteiger partial charge in [0.05, 0.1) is 19.8 Å². The number of aliphatic hydroxyl groups excluding tert-OH is 1. The summed E-state index contributed by atoms with van der Waals surface area (Å²) in [5, 5.41) is 14.9. The number of benzene rings is 2. The molecule has 0 aliphatic carbocycles. The van der Waals surface area contributed by atoms with Gasteiger partial charge in [-0.25, -0.2) is 4.39 Å². The summed E-state index contributed by atoms with van der Waals surface area (Å²) in [6.07, 6.45) is 0. The highest BCUT2D eigenvalue weighted by molar-refractivity contribution is 6.51. The van der Waals surface area contributed by atoms with E-state index in [0.29, 0.717) is 22.8 Å². The summed E-state index contributed by atoms with van der Waals surface area (Å²) in [6.45, 7) is 1.65. The van der Waals surface area contributed by atoms with E-state index in [1.807, 2.05) is 0 Å². The van der Waals surface area contributed by atoms with E-state index in [1.165, 1.54) is 32.4 Å². The average molecular weight is 438 g/mol. The van der Waals surface area contributed by atoms with Gasteiger partial charge < -0.3 is 19.1 Å². The molecule has 0 bridgehead atoms. The number of anilines is 1. The molecule has 32 heavy (non-hydrogen) atoms. The van der Waals surface area contributed by atoms with Crippen LogP contribution >= 0.6 is 0 Å². The first-order chi connectivity index (χ1) is 15.3. The maximum atomic E-state index is 13.4. The Kier molecular flexibility index (Phi) is 5.40. The number of aryl methyl sites for hydroxylation is 1. The number of amides is 1. The van der Waals surface area contributed by atoms with Gasteiger partial charge in [0.25, 0.3) is 5.78 Å². The number of hydrogen-bond acceptors (Lipinski definition) is 7. The van der Waals surface area contributed by atoms with E-state index in [4.69, 9.17) is 14.0 Å². The molecule has 2 aromatic carbocycles. The van der Waals surface area contributed by atoms with Gasteiger partial charge in [0.2, 0.25) is 0 Å². The zero-order valence-corrected chi connectivity index (χ0v) is 17.5. The van der Waals surface area contributed by atoms with Crippen molar-refractivity contribution in [3.8, 4) is 11.5 Å². The van der Waals surface area contributed by atoms with Gasteiger partial charge in [-0.3, -0.25) is 14.5 Å². The van der Waals surface area contributed by atoms with Crippen LogP contribution < -0.4 is 14.4 Å². The second-order valence-electron chi connectivity index (χ2n) is 7.08. The molecular formula is C23H19FN2O6. The van der Waals surface area contributed by atoms with Crippen molar-refractivity contribution >= 4 is 23.3 Å². The van der Waals surface area contributed by atoms with Gasteiger partial charge >= 0.3 is 5.91 Å². The van der Waals surface area contributed by atoms with E-state index in [2.05, 4.69) is 5.16 Å². The van der Waals surface area contributed by atoms with Crippen LogP contribution in [0.1, 0.15) is 22.9 Å². The highest BCUT2D eigenvalue weighted by atomic mass is 19.1. The summed E-state index contributed by atoms with van der Waals surface area (Å²) in [5.41, 5.74) is 0.358. The number of ether oxygens (including phenoxy) is 2. The number of hydrogen-bond donors (Lipinski definition) is 1. The minimum absolute atomic E-state index is 0.0950. The minimum atomic E-state index is -1.10. The standard InChI is InChI=1S/C23H19FN2O6/c1-12-10-18(25-32-12)26-20(16-11-15(30-2)8-9-17(16)31-3)19(22(28)23(26)29)21(27)13-4-6-14(24)7-5-13/h4-11,20,27H,1-3H3/t20-/m0/s1. The molecule has 1 aliphatic heterocycles. The summed E-state index contributed by atoms with van der Waals surface area (Å²) < 4.78 is 29.3. The Balaban J connectivity index is 2.00. The highest BCUT2D eigenvalue weighted by Crippen LogP contribution is 2.45. The van der Waals surface area contributed by atoms with Gasteiger partial charge in [-0.1, -0.05) is 5.16 Å². The highest BCUT2D eigenvalue weighted by Gasteiger charge is 2.49. The van der Waals surface area contributed by atoms with Crippen LogP contribution in [0.5, 0.6) is 11.5 Å². The number of rotatable bonds is 5. The molecule has 0 unspecified atom stereocenters. The Bertz CT molecular complexity index is 1230. The molecule has 1 aromatic heterocycles. The van der Waals surface area contributed by atoms with Crippen molar-refractivity contribution in [2.75, 3.05) is 19.1 Å². The Morgan fingerprint density at radius 1 is 1.09 bits per heavy atom. The SMILES string of the molecule is COc1ccc(OC)c([C@H]2C(=C(O)c3ccc(F)cc3)C(=O)C(=O)N2c2cc(C)on2)c1. The van der Waals surface area contributed by atoms with Crippen molar-refractivity contribution in [1.82, 2.24) is 5.16 Å². The topological polar surface area (TPSA) is 102 Å². The third-order valence-corrected chi connectivity index (χ3v) is 5.16. The number of ketones is 1. The molecule has 1 fully saturated rings. The predicted molar refractivity (Wildman–Crippen MR) is 112 cm³/mol. The third kappa shape index (κ3) is 3.47. The van der Waals surface area contributed by atoms with Crippen LogP contribution in [0.4, 0.5) is 10.2 Å². The first-order valence-corrected chi connectivity index (χ1v) is 9.58. The van der Waals surface area contributed by atoms with E-state index in [1.54, 1.807) is 25.1 Å². The van der Waals surface area contributed by atoms with Crippen molar-refractivity contribution in [1.29, 1.82) is 0 Å². The molecule has 3 aromatic rings. The van der Waals surface area contributed by atoms with Crippen LogP contribution in [0.25, 0.3) is 5.76 Å². The lowest BCUT2D eigenvalue weighted by Gasteiger charge is -2.24. The van der Waals surface area contributed by atoms with Crippen molar-refractivity contribution in [2.45, 2.75) is 13.0 Å². The second-order valence-corrected chi connectivity index (χ2v) is 7.08. The molecular weight excluding hydrogens is 419 g/mol. The van der Waals surface area contributed by atoms with Crippen molar-refractivity contribution in [3.63, 3.8) is 0 Å². The fourth-order valence-corrected chi connectivity index (χ4v) is 3.65. The predicted octanol–water partition coefficient (Wildman–Crippen LogP) is 3.77. The Morgan fingerprint density at radius 3 is 2.41 bits per heavy atom. The van der Waals surface area contributed by atoms with Crippen molar-refractivity contribution in [3.05, 3.63) is 76.8 Å². The van der Waals surface area contributed by atoms with Crippen molar-refractivity contribution in [2.24, 2.45) is 0 Å². The largest absolute Gasteiger partial charge is 0.507 e. The van der Waals surface area contributed by atoms with Crippen LogP contribution in [0.3, 0.4) is 0 Å². The van der Waals surface area contributed by atoms with E-state index < -0.39 is 29.3 Å². The first-order valence-electron chi connectivity index (χ1n) is 9.58. The van der Waals surface area contributed by atoms with E-state index in [9.17, 15) is 19.1 Å². The van der Waals surface area contributed by atoms with Crippen LogP contribution in [0.15, 0.2) is 58.6 Å². The fraction of sp³-hybridized carbons (Fsp3) is 0.174. The zero-order valence-electron chi connectivity index (χ0n) is 17.5. The maximum Gasteiger partial charge on any atom is 0.301 e. The van der Waals surface area contributed by atoms with Gasteiger partial charge in [-0.2, -0.15) is 0 Å². The van der Waals surface area contributed by atoms with Crippen LogP contribution in [0.2, 0.25) is 0 Å². The molecule has 4 rings (SSSR count). The van der Waals surface area contributed by atoms with Gasteiger partial charge in [0.15, 0.2) is 5.82 Å². The molecule has 9 heteroatoms. The van der Waals surface area contributed by atoms with Crippen molar-refractivity contribution < 1.29 is 33.1 Å². The summed E-state index contributed by atoms with van der Waals surface area (Å²) in [6, 6.07) is 10.2. The van der Waals surface area contributed by atoms with Gasteiger partial charge in [-0.05, 0) is 49.4 Å².